The van der Waals surface area contributed by atoms with Crippen molar-refractivity contribution in [3.05, 3.63) is 18.7 Å². The summed E-state index contributed by atoms with van der Waals surface area (Å²) in [4.78, 5) is 6.92. The molecule has 1 aliphatic carbocycles. The van der Waals surface area contributed by atoms with Gasteiger partial charge in [-0.2, -0.15) is 0 Å². The first-order valence-electron chi connectivity index (χ1n) is 8.23. The van der Waals surface area contributed by atoms with Crippen molar-refractivity contribution in [1.29, 1.82) is 0 Å². The Morgan fingerprint density at radius 2 is 2.10 bits per heavy atom. The topological polar surface area (TPSA) is 33.1 Å². The van der Waals surface area contributed by atoms with Crippen LogP contribution in [-0.4, -0.2) is 45.7 Å². The van der Waals surface area contributed by atoms with Gasteiger partial charge in [0, 0.05) is 50.2 Å². The lowest BCUT2D eigenvalue weighted by Crippen LogP contribution is -2.64. The molecule has 1 aromatic rings. The summed E-state index contributed by atoms with van der Waals surface area (Å²) in [6.45, 7) is 7.04. The first-order valence-corrected chi connectivity index (χ1v) is 8.23. The highest BCUT2D eigenvalue weighted by molar-refractivity contribution is 4.99. The van der Waals surface area contributed by atoms with E-state index in [0.29, 0.717) is 11.6 Å². The molecule has 0 radical (unpaired) electrons. The zero-order chi connectivity index (χ0) is 13.8. The molecule has 1 aromatic heterocycles. The van der Waals surface area contributed by atoms with Gasteiger partial charge in [-0.3, -0.25) is 4.90 Å². The Bertz CT molecular complexity index is 395. The van der Waals surface area contributed by atoms with Crippen LogP contribution in [0.4, 0.5) is 0 Å². The van der Waals surface area contributed by atoms with E-state index < -0.39 is 0 Å². The van der Waals surface area contributed by atoms with Crippen LogP contribution in [0.5, 0.6) is 0 Å². The van der Waals surface area contributed by atoms with E-state index in [9.17, 15) is 0 Å². The van der Waals surface area contributed by atoms with Crippen molar-refractivity contribution in [2.45, 2.75) is 63.6 Å². The summed E-state index contributed by atoms with van der Waals surface area (Å²) in [5.41, 5.74) is 0.458. The molecule has 1 saturated carbocycles. The molecule has 20 heavy (non-hydrogen) atoms. The minimum Gasteiger partial charge on any atom is -0.337 e. The van der Waals surface area contributed by atoms with Crippen LogP contribution in [0.15, 0.2) is 18.7 Å². The van der Waals surface area contributed by atoms with Crippen molar-refractivity contribution in [1.82, 2.24) is 19.8 Å². The Kier molecular flexibility index (Phi) is 4.41. The number of nitrogens with zero attached hydrogens (tertiary/aromatic N) is 3. The summed E-state index contributed by atoms with van der Waals surface area (Å²) in [7, 11) is 0. The summed E-state index contributed by atoms with van der Waals surface area (Å²) in [6, 6.07) is 0.635. The van der Waals surface area contributed by atoms with Gasteiger partial charge in [-0.1, -0.05) is 19.3 Å². The maximum absolute atomic E-state index is 4.12. The molecular formula is C16H28N4. The molecule has 3 rings (SSSR count). The SMILES string of the molecule is CC1CN(CCCn2ccnc2)C2(CCCCC2)CN1. The van der Waals surface area contributed by atoms with E-state index >= 15 is 0 Å². The van der Waals surface area contributed by atoms with Crippen molar-refractivity contribution in [2.75, 3.05) is 19.6 Å². The lowest BCUT2D eigenvalue weighted by atomic mass is 9.78. The first kappa shape index (κ1) is 14.1. The number of aromatic nitrogens is 2. The average Bonchev–Trinajstić information content (AvgIpc) is 2.97. The first-order chi connectivity index (χ1) is 9.78. The van der Waals surface area contributed by atoms with Crippen LogP contribution in [-0.2, 0) is 6.54 Å². The second-order valence-electron chi connectivity index (χ2n) is 6.67. The normalized spacial score (nSPS) is 26.9. The third-order valence-corrected chi connectivity index (χ3v) is 5.13. The van der Waals surface area contributed by atoms with Gasteiger partial charge >= 0.3 is 0 Å². The van der Waals surface area contributed by atoms with Crippen molar-refractivity contribution in [2.24, 2.45) is 0 Å². The predicted octanol–water partition coefficient (Wildman–Crippen LogP) is 2.27. The van der Waals surface area contributed by atoms with Gasteiger partial charge < -0.3 is 9.88 Å². The van der Waals surface area contributed by atoms with Gasteiger partial charge in [-0.25, -0.2) is 4.98 Å². The smallest absolute Gasteiger partial charge is 0.0945 e. The fourth-order valence-electron chi connectivity index (χ4n) is 3.96. The van der Waals surface area contributed by atoms with E-state index in [-0.39, 0.29) is 0 Å². The van der Waals surface area contributed by atoms with Crippen LogP contribution in [0.25, 0.3) is 0 Å². The maximum Gasteiger partial charge on any atom is 0.0945 e. The number of rotatable bonds is 4. The number of hydrogen-bond acceptors (Lipinski definition) is 3. The standard InChI is InChI=1S/C16H28N4/c1-15-12-20(10-5-9-19-11-8-17-14-19)16(13-18-15)6-3-2-4-7-16/h8,11,14-15,18H,2-7,9-10,12-13H2,1H3. The fraction of sp³-hybridized carbons (Fsp3) is 0.812. The van der Waals surface area contributed by atoms with Gasteiger partial charge in [0.15, 0.2) is 0 Å². The van der Waals surface area contributed by atoms with E-state index in [2.05, 4.69) is 32.9 Å². The molecule has 1 aliphatic heterocycles. The van der Waals surface area contributed by atoms with Crippen LogP contribution >= 0.6 is 0 Å². The average molecular weight is 276 g/mol. The van der Waals surface area contributed by atoms with Crippen LogP contribution in [0.1, 0.15) is 45.4 Å². The molecule has 0 aromatic carbocycles. The van der Waals surface area contributed by atoms with E-state index in [0.717, 1.165) is 6.54 Å². The Labute approximate surface area is 122 Å². The summed E-state index contributed by atoms with van der Waals surface area (Å²) >= 11 is 0. The van der Waals surface area contributed by atoms with E-state index in [1.54, 1.807) is 0 Å². The molecule has 1 spiro atoms. The fourth-order valence-corrected chi connectivity index (χ4v) is 3.96. The molecule has 0 amide bonds. The Hall–Kier alpha value is -0.870. The van der Waals surface area contributed by atoms with Crippen LogP contribution in [0, 0.1) is 0 Å². The van der Waals surface area contributed by atoms with Gasteiger partial charge in [0.1, 0.15) is 0 Å². The molecule has 4 heteroatoms. The molecule has 1 saturated heterocycles. The molecule has 1 unspecified atom stereocenters. The molecule has 2 aliphatic rings. The van der Waals surface area contributed by atoms with Gasteiger partial charge in [-0.15, -0.1) is 0 Å². The summed E-state index contributed by atoms with van der Waals surface area (Å²) < 4.78 is 2.19. The minimum atomic E-state index is 0.458. The minimum absolute atomic E-state index is 0.458. The summed E-state index contributed by atoms with van der Waals surface area (Å²) in [5.74, 6) is 0. The van der Waals surface area contributed by atoms with E-state index in [1.807, 2.05) is 12.5 Å². The van der Waals surface area contributed by atoms with Gasteiger partial charge in [0.2, 0.25) is 0 Å². The molecule has 1 atom stereocenters. The van der Waals surface area contributed by atoms with Crippen LogP contribution < -0.4 is 5.32 Å². The highest BCUT2D eigenvalue weighted by atomic mass is 15.3. The monoisotopic (exact) mass is 276 g/mol. The summed E-state index contributed by atoms with van der Waals surface area (Å²) in [5, 5.41) is 3.72. The molecule has 112 valence electrons. The third kappa shape index (κ3) is 3.07. The largest absolute Gasteiger partial charge is 0.337 e. The van der Waals surface area contributed by atoms with Crippen molar-refractivity contribution < 1.29 is 0 Å². The van der Waals surface area contributed by atoms with Crippen molar-refractivity contribution in [3.8, 4) is 0 Å². The van der Waals surface area contributed by atoms with Gasteiger partial charge in [-0.05, 0) is 26.2 Å². The zero-order valence-corrected chi connectivity index (χ0v) is 12.7. The van der Waals surface area contributed by atoms with Gasteiger partial charge in [0.25, 0.3) is 0 Å². The molecule has 4 nitrogen and oxygen atoms in total. The Morgan fingerprint density at radius 1 is 1.25 bits per heavy atom. The highest BCUT2D eigenvalue weighted by Crippen LogP contribution is 2.35. The Balaban J connectivity index is 1.58. The summed E-state index contributed by atoms with van der Waals surface area (Å²) in [6.07, 6.45) is 14.1. The number of piperazine rings is 1. The lowest BCUT2D eigenvalue weighted by Gasteiger charge is -2.51. The van der Waals surface area contributed by atoms with E-state index in [4.69, 9.17) is 0 Å². The van der Waals surface area contributed by atoms with Crippen molar-refractivity contribution >= 4 is 0 Å². The number of nitrogens with one attached hydrogen (secondary N) is 1. The van der Waals surface area contributed by atoms with Crippen molar-refractivity contribution in [3.63, 3.8) is 0 Å². The third-order valence-electron chi connectivity index (χ3n) is 5.13. The molecular weight excluding hydrogens is 248 g/mol. The predicted molar refractivity (Wildman–Crippen MR) is 81.7 cm³/mol. The quantitative estimate of drug-likeness (QED) is 0.916. The number of hydrogen-bond donors (Lipinski definition) is 1. The van der Waals surface area contributed by atoms with E-state index in [1.165, 1.54) is 58.2 Å². The molecule has 2 fully saturated rings. The number of aryl methyl sites for hydroxylation is 1. The second-order valence-corrected chi connectivity index (χ2v) is 6.67. The second kappa shape index (κ2) is 6.27. The number of imidazole rings is 1. The molecule has 0 bridgehead atoms. The van der Waals surface area contributed by atoms with Gasteiger partial charge in [0.05, 0.1) is 6.33 Å². The lowest BCUT2D eigenvalue weighted by molar-refractivity contribution is 0.0113. The zero-order valence-electron chi connectivity index (χ0n) is 12.7. The van der Waals surface area contributed by atoms with Crippen LogP contribution in [0.2, 0.25) is 0 Å². The van der Waals surface area contributed by atoms with Crippen LogP contribution in [0.3, 0.4) is 0 Å². The molecule has 1 N–H and O–H groups in total. The molecule has 2 heterocycles. The highest BCUT2D eigenvalue weighted by Gasteiger charge is 2.40. The maximum atomic E-state index is 4.12. The Morgan fingerprint density at radius 3 is 2.85 bits per heavy atom.